The molecule has 0 saturated heterocycles. The minimum absolute atomic E-state index is 0.0962. The molecule has 0 heterocycles. The summed E-state index contributed by atoms with van der Waals surface area (Å²) >= 11 is 1.33. The summed E-state index contributed by atoms with van der Waals surface area (Å²) in [5, 5.41) is 2.37. The molecule has 1 N–H and O–H groups in total. The SMILES string of the molecule is CNC(=O)c1ccc([AsH2])cc1F. The number of carbonyl (C=O) groups excluding carboxylic acids is 1. The van der Waals surface area contributed by atoms with E-state index in [1.807, 2.05) is 0 Å². The number of nitrogens with one attached hydrogen (secondary N) is 1. The van der Waals surface area contributed by atoms with Gasteiger partial charge in [-0.15, -0.1) is 0 Å². The Kier molecular flexibility index (Phi) is 2.87. The molecule has 0 aliphatic heterocycles. The van der Waals surface area contributed by atoms with E-state index >= 15 is 0 Å². The van der Waals surface area contributed by atoms with Crippen molar-refractivity contribution in [3.8, 4) is 0 Å². The zero-order chi connectivity index (χ0) is 9.14. The second-order valence-corrected chi connectivity index (χ2v) is 3.72. The van der Waals surface area contributed by atoms with Gasteiger partial charge >= 0.3 is 78.2 Å². The number of benzene rings is 1. The number of amides is 1. The van der Waals surface area contributed by atoms with E-state index in [0.29, 0.717) is 0 Å². The van der Waals surface area contributed by atoms with Crippen LogP contribution in [0.1, 0.15) is 10.4 Å². The molecular formula is C8H9AsFNO. The van der Waals surface area contributed by atoms with Gasteiger partial charge in [0.25, 0.3) is 0 Å². The molecule has 1 rings (SSSR count). The molecule has 2 nitrogen and oxygen atoms in total. The monoisotopic (exact) mass is 229 g/mol. The van der Waals surface area contributed by atoms with E-state index in [4.69, 9.17) is 0 Å². The fourth-order valence-electron chi connectivity index (χ4n) is 0.850. The van der Waals surface area contributed by atoms with Crippen LogP contribution >= 0.6 is 0 Å². The van der Waals surface area contributed by atoms with E-state index in [9.17, 15) is 9.18 Å². The van der Waals surface area contributed by atoms with Crippen LogP contribution in [0.25, 0.3) is 0 Å². The summed E-state index contributed by atoms with van der Waals surface area (Å²) in [6, 6.07) is 4.59. The van der Waals surface area contributed by atoms with Gasteiger partial charge < -0.3 is 0 Å². The van der Waals surface area contributed by atoms with Crippen molar-refractivity contribution in [2.45, 2.75) is 0 Å². The van der Waals surface area contributed by atoms with Crippen LogP contribution in [0, 0.1) is 5.82 Å². The fraction of sp³-hybridized carbons (Fsp3) is 0.125. The molecule has 1 atom stereocenters. The van der Waals surface area contributed by atoms with Crippen molar-refractivity contribution in [1.82, 2.24) is 5.32 Å². The molecule has 1 aromatic rings. The van der Waals surface area contributed by atoms with Crippen molar-refractivity contribution >= 4 is 27.1 Å². The van der Waals surface area contributed by atoms with Crippen LogP contribution in [0.3, 0.4) is 0 Å². The van der Waals surface area contributed by atoms with Gasteiger partial charge in [-0.1, -0.05) is 0 Å². The zero-order valence-corrected chi connectivity index (χ0v) is 9.02. The Bertz CT molecular complexity index is 314. The van der Waals surface area contributed by atoms with Gasteiger partial charge in [-0.3, -0.25) is 0 Å². The van der Waals surface area contributed by atoms with Crippen molar-refractivity contribution in [1.29, 1.82) is 0 Å². The van der Waals surface area contributed by atoms with Crippen LogP contribution in [0.2, 0.25) is 0 Å². The molecule has 1 unspecified atom stereocenters. The van der Waals surface area contributed by atoms with Crippen molar-refractivity contribution in [3.05, 3.63) is 29.6 Å². The Morgan fingerprint density at radius 2 is 2.25 bits per heavy atom. The Hall–Kier alpha value is -0.822. The molecule has 0 fully saturated rings. The third kappa shape index (κ3) is 1.86. The third-order valence-corrected chi connectivity index (χ3v) is 2.22. The van der Waals surface area contributed by atoms with Gasteiger partial charge in [0, 0.05) is 0 Å². The molecule has 1 aromatic carbocycles. The first-order valence-electron chi connectivity index (χ1n) is 3.42. The van der Waals surface area contributed by atoms with E-state index in [1.165, 1.54) is 36.0 Å². The average molecular weight is 229 g/mol. The first-order chi connectivity index (χ1) is 5.65. The summed E-state index contributed by atoms with van der Waals surface area (Å²) in [7, 11) is 1.48. The van der Waals surface area contributed by atoms with E-state index in [-0.39, 0.29) is 11.5 Å². The summed E-state index contributed by atoms with van der Waals surface area (Å²) in [6.45, 7) is 0. The second-order valence-electron chi connectivity index (χ2n) is 2.32. The number of carbonyl (C=O) groups is 1. The van der Waals surface area contributed by atoms with Gasteiger partial charge in [0.1, 0.15) is 0 Å². The zero-order valence-electron chi connectivity index (χ0n) is 6.60. The van der Waals surface area contributed by atoms with Crippen molar-refractivity contribution in [3.63, 3.8) is 0 Å². The number of hydrogen-bond donors (Lipinski definition) is 1. The maximum absolute atomic E-state index is 13.0. The Morgan fingerprint density at radius 3 is 2.75 bits per heavy atom. The summed E-state index contributed by atoms with van der Waals surface area (Å²) < 4.78 is 13.9. The molecule has 1 amide bonds. The molecule has 0 radical (unpaired) electrons. The minimum atomic E-state index is -0.462. The van der Waals surface area contributed by atoms with Crippen LogP contribution in [-0.4, -0.2) is 29.8 Å². The normalized spacial score (nSPS) is 9.58. The van der Waals surface area contributed by atoms with E-state index in [0.717, 1.165) is 4.35 Å². The predicted molar refractivity (Wildman–Crippen MR) is 48.0 cm³/mol. The van der Waals surface area contributed by atoms with Crippen molar-refractivity contribution in [2.75, 3.05) is 7.05 Å². The number of rotatable bonds is 1. The van der Waals surface area contributed by atoms with Crippen LogP contribution in [0.5, 0.6) is 0 Å². The first kappa shape index (κ1) is 9.27. The molecule has 12 heavy (non-hydrogen) atoms. The van der Waals surface area contributed by atoms with Gasteiger partial charge in [-0.05, 0) is 0 Å². The van der Waals surface area contributed by atoms with Gasteiger partial charge in [-0.2, -0.15) is 0 Å². The average Bonchev–Trinajstić information content (AvgIpc) is 2.03. The molecule has 0 saturated carbocycles. The molecule has 0 aliphatic rings. The third-order valence-electron chi connectivity index (χ3n) is 1.46. The molecular weight excluding hydrogens is 220 g/mol. The Morgan fingerprint density at radius 1 is 1.58 bits per heavy atom. The van der Waals surface area contributed by atoms with E-state index in [1.54, 1.807) is 6.07 Å². The number of halogens is 1. The van der Waals surface area contributed by atoms with Crippen molar-refractivity contribution < 1.29 is 9.18 Å². The summed E-state index contributed by atoms with van der Waals surface area (Å²) in [6.07, 6.45) is 0. The van der Waals surface area contributed by atoms with Gasteiger partial charge in [0.15, 0.2) is 0 Å². The molecule has 64 valence electrons. The van der Waals surface area contributed by atoms with Crippen LogP contribution in [0.4, 0.5) is 4.39 Å². The second kappa shape index (κ2) is 3.72. The van der Waals surface area contributed by atoms with Crippen molar-refractivity contribution in [2.24, 2.45) is 0 Å². The van der Waals surface area contributed by atoms with Gasteiger partial charge in [0.2, 0.25) is 0 Å². The topological polar surface area (TPSA) is 29.1 Å². The van der Waals surface area contributed by atoms with Crippen LogP contribution in [0.15, 0.2) is 18.2 Å². The number of hydrogen-bond acceptors (Lipinski definition) is 1. The van der Waals surface area contributed by atoms with E-state index < -0.39 is 5.82 Å². The molecule has 4 heteroatoms. The summed E-state index contributed by atoms with van der Waals surface area (Å²) in [4.78, 5) is 11.0. The fourth-order valence-corrected chi connectivity index (χ4v) is 1.36. The standard InChI is InChI=1S/C8H9AsFNO/c1-11-8(12)6-3-2-5(9)4-7(6)10/h2-4H,9H2,1H3,(H,11,12). The Balaban J connectivity index is 3.09. The maximum atomic E-state index is 13.0. The first-order valence-corrected chi connectivity index (χ1v) is 4.63. The molecule has 0 spiro atoms. The van der Waals surface area contributed by atoms with Crippen LogP contribution in [-0.2, 0) is 0 Å². The Labute approximate surface area is 78.7 Å². The van der Waals surface area contributed by atoms with E-state index in [2.05, 4.69) is 5.32 Å². The predicted octanol–water partition coefficient (Wildman–Crippen LogP) is -0.556. The summed E-state index contributed by atoms with van der Waals surface area (Å²) in [5.41, 5.74) is 0.0962. The summed E-state index contributed by atoms with van der Waals surface area (Å²) in [5.74, 6) is -0.851. The van der Waals surface area contributed by atoms with Gasteiger partial charge in [0.05, 0.1) is 0 Å². The van der Waals surface area contributed by atoms with Crippen LogP contribution < -0.4 is 9.67 Å². The molecule has 0 aliphatic carbocycles. The molecule has 0 bridgehead atoms. The van der Waals surface area contributed by atoms with Gasteiger partial charge in [-0.25, -0.2) is 0 Å². The molecule has 0 aromatic heterocycles. The quantitative estimate of drug-likeness (QED) is 0.643.